The molecule has 106 valence electrons. The van der Waals surface area contributed by atoms with E-state index in [1.807, 2.05) is 41.1 Å². The molecule has 0 bridgehead atoms. The Balaban J connectivity index is 1.92. The lowest BCUT2D eigenvalue weighted by Crippen LogP contribution is -2.00. The van der Waals surface area contributed by atoms with E-state index in [0.29, 0.717) is 18.1 Å². The van der Waals surface area contributed by atoms with E-state index in [1.165, 1.54) is 0 Å². The van der Waals surface area contributed by atoms with E-state index >= 15 is 0 Å². The average Bonchev–Trinajstić information content (AvgIpc) is 3.07. The van der Waals surface area contributed by atoms with Crippen LogP contribution in [0.1, 0.15) is 21.9 Å². The molecule has 0 amide bonds. The van der Waals surface area contributed by atoms with Crippen molar-refractivity contribution in [3.63, 3.8) is 0 Å². The maximum absolute atomic E-state index is 11.0. The Bertz CT molecular complexity index is 772. The van der Waals surface area contributed by atoms with E-state index < -0.39 is 5.97 Å². The summed E-state index contributed by atoms with van der Waals surface area (Å²) in [4.78, 5) is 15.4. The number of carboxylic acids is 1. The number of aromatic nitrogens is 2. The van der Waals surface area contributed by atoms with Crippen LogP contribution in [0.5, 0.6) is 0 Å². The van der Waals surface area contributed by atoms with Gasteiger partial charge in [-0.3, -0.25) is 0 Å². The van der Waals surface area contributed by atoms with Gasteiger partial charge in [-0.2, -0.15) is 0 Å². The zero-order valence-corrected chi connectivity index (χ0v) is 11.5. The van der Waals surface area contributed by atoms with Gasteiger partial charge in [0, 0.05) is 18.0 Å². The topological polar surface area (TPSA) is 68.3 Å². The monoisotopic (exact) mass is 282 g/mol. The van der Waals surface area contributed by atoms with Crippen molar-refractivity contribution >= 4 is 5.97 Å². The Morgan fingerprint density at radius 2 is 2.10 bits per heavy atom. The van der Waals surface area contributed by atoms with Crippen molar-refractivity contribution in [1.82, 2.24) is 9.55 Å². The standard InChI is InChI=1S/C16H14N2O3/c1-11-14(16(19)20)9-13(21-11)10-18-8-7-17-15(18)12-5-3-2-4-6-12/h2-9H,10H2,1H3,(H,19,20). The average molecular weight is 282 g/mol. The summed E-state index contributed by atoms with van der Waals surface area (Å²) in [5.74, 6) is 0.858. The second-order valence-electron chi connectivity index (χ2n) is 4.73. The second kappa shape index (κ2) is 5.28. The number of nitrogens with zero attached hydrogens (tertiary/aromatic N) is 2. The predicted molar refractivity (Wildman–Crippen MR) is 77.2 cm³/mol. The minimum absolute atomic E-state index is 0.200. The van der Waals surface area contributed by atoms with Crippen LogP contribution in [0, 0.1) is 6.92 Å². The van der Waals surface area contributed by atoms with Crippen molar-refractivity contribution in [3.8, 4) is 11.4 Å². The van der Waals surface area contributed by atoms with E-state index in [-0.39, 0.29) is 5.56 Å². The van der Waals surface area contributed by atoms with Gasteiger partial charge in [-0.1, -0.05) is 30.3 Å². The third-order valence-electron chi connectivity index (χ3n) is 3.27. The van der Waals surface area contributed by atoms with Crippen LogP contribution in [0.15, 0.2) is 53.2 Å². The van der Waals surface area contributed by atoms with E-state index in [4.69, 9.17) is 9.52 Å². The lowest BCUT2D eigenvalue weighted by Gasteiger charge is -2.05. The van der Waals surface area contributed by atoms with Crippen molar-refractivity contribution in [2.45, 2.75) is 13.5 Å². The van der Waals surface area contributed by atoms with Gasteiger partial charge in [0.05, 0.1) is 6.54 Å². The van der Waals surface area contributed by atoms with Crippen molar-refractivity contribution in [2.24, 2.45) is 0 Å². The molecule has 0 fully saturated rings. The van der Waals surface area contributed by atoms with Crippen LogP contribution in [-0.2, 0) is 6.54 Å². The summed E-state index contributed by atoms with van der Waals surface area (Å²) in [6.45, 7) is 2.09. The van der Waals surface area contributed by atoms with E-state index in [9.17, 15) is 4.79 Å². The van der Waals surface area contributed by atoms with Gasteiger partial charge in [-0.05, 0) is 13.0 Å². The maximum atomic E-state index is 11.0. The normalized spacial score (nSPS) is 10.7. The third kappa shape index (κ3) is 2.58. The summed E-state index contributed by atoms with van der Waals surface area (Å²) in [7, 11) is 0. The Kier molecular flexibility index (Phi) is 3.31. The fourth-order valence-electron chi connectivity index (χ4n) is 2.29. The van der Waals surface area contributed by atoms with E-state index in [0.717, 1.165) is 11.4 Å². The van der Waals surface area contributed by atoms with Crippen LogP contribution >= 0.6 is 0 Å². The van der Waals surface area contributed by atoms with Gasteiger partial charge in [0.1, 0.15) is 22.9 Å². The second-order valence-corrected chi connectivity index (χ2v) is 4.73. The van der Waals surface area contributed by atoms with Gasteiger partial charge in [-0.15, -0.1) is 0 Å². The Labute approximate surface area is 121 Å². The summed E-state index contributed by atoms with van der Waals surface area (Å²) in [6.07, 6.45) is 3.57. The Morgan fingerprint density at radius 3 is 2.76 bits per heavy atom. The SMILES string of the molecule is Cc1oc(Cn2ccnc2-c2ccccc2)cc1C(=O)O. The Morgan fingerprint density at radius 1 is 1.33 bits per heavy atom. The molecule has 0 aliphatic carbocycles. The van der Waals surface area contributed by atoms with Crippen molar-refractivity contribution in [2.75, 3.05) is 0 Å². The number of carbonyl (C=O) groups is 1. The molecule has 2 aromatic heterocycles. The predicted octanol–water partition coefficient (Wildman–Crippen LogP) is 3.20. The van der Waals surface area contributed by atoms with Crippen molar-refractivity contribution in [3.05, 3.63) is 65.9 Å². The molecule has 0 atom stereocenters. The van der Waals surface area contributed by atoms with Crippen LogP contribution in [0.25, 0.3) is 11.4 Å². The smallest absolute Gasteiger partial charge is 0.339 e. The first kappa shape index (κ1) is 13.2. The molecular weight excluding hydrogens is 268 g/mol. The zero-order valence-electron chi connectivity index (χ0n) is 11.5. The fraction of sp³-hybridized carbons (Fsp3) is 0.125. The van der Waals surface area contributed by atoms with Gasteiger partial charge >= 0.3 is 5.97 Å². The molecule has 2 heterocycles. The van der Waals surface area contributed by atoms with Crippen LogP contribution in [0.4, 0.5) is 0 Å². The minimum Gasteiger partial charge on any atom is -0.478 e. The largest absolute Gasteiger partial charge is 0.478 e. The Hall–Kier alpha value is -2.82. The number of furan rings is 1. The van der Waals surface area contributed by atoms with Crippen LogP contribution in [0.3, 0.4) is 0 Å². The van der Waals surface area contributed by atoms with Crippen LogP contribution in [0.2, 0.25) is 0 Å². The molecule has 0 aliphatic rings. The number of benzene rings is 1. The maximum Gasteiger partial charge on any atom is 0.339 e. The number of carboxylic acid groups (broad SMARTS) is 1. The lowest BCUT2D eigenvalue weighted by molar-refractivity contribution is 0.0695. The highest BCUT2D eigenvalue weighted by Crippen LogP contribution is 2.20. The molecule has 0 saturated carbocycles. The third-order valence-corrected chi connectivity index (χ3v) is 3.27. The molecule has 21 heavy (non-hydrogen) atoms. The molecule has 0 radical (unpaired) electrons. The molecule has 0 aliphatic heterocycles. The number of hydrogen-bond acceptors (Lipinski definition) is 3. The van der Waals surface area contributed by atoms with E-state index in [1.54, 1.807) is 19.2 Å². The first-order chi connectivity index (χ1) is 10.1. The lowest BCUT2D eigenvalue weighted by atomic mass is 10.2. The molecule has 1 N–H and O–H groups in total. The highest BCUT2D eigenvalue weighted by molar-refractivity contribution is 5.88. The molecule has 0 spiro atoms. The summed E-state index contributed by atoms with van der Waals surface area (Å²) in [5.41, 5.74) is 1.20. The first-order valence-electron chi connectivity index (χ1n) is 6.54. The van der Waals surface area contributed by atoms with Gasteiger partial charge in [0.25, 0.3) is 0 Å². The summed E-state index contributed by atoms with van der Waals surface area (Å²) in [5, 5.41) is 9.06. The number of rotatable bonds is 4. The van der Waals surface area contributed by atoms with Crippen LogP contribution in [-0.4, -0.2) is 20.6 Å². The fourth-order valence-corrected chi connectivity index (χ4v) is 2.29. The highest BCUT2D eigenvalue weighted by Gasteiger charge is 2.15. The first-order valence-corrected chi connectivity index (χ1v) is 6.54. The minimum atomic E-state index is -0.976. The van der Waals surface area contributed by atoms with Gasteiger partial charge < -0.3 is 14.1 Å². The van der Waals surface area contributed by atoms with E-state index in [2.05, 4.69) is 4.98 Å². The zero-order chi connectivity index (χ0) is 14.8. The number of imidazole rings is 1. The van der Waals surface area contributed by atoms with Gasteiger partial charge in [0.15, 0.2) is 0 Å². The number of aromatic carboxylic acids is 1. The van der Waals surface area contributed by atoms with Gasteiger partial charge in [0.2, 0.25) is 0 Å². The van der Waals surface area contributed by atoms with Crippen LogP contribution < -0.4 is 0 Å². The quantitative estimate of drug-likeness (QED) is 0.798. The summed E-state index contributed by atoms with van der Waals surface area (Å²) in [6, 6.07) is 11.4. The molecule has 1 aromatic carbocycles. The highest BCUT2D eigenvalue weighted by atomic mass is 16.4. The molecule has 0 saturated heterocycles. The molecule has 3 rings (SSSR count). The number of aryl methyl sites for hydroxylation is 1. The molecule has 5 nitrogen and oxygen atoms in total. The molecule has 3 aromatic rings. The van der Waals surface area contributed by atoms with Gasteiger partial charge in [-0.25, -0.2) is 9.78 Å². The molecule has 0 unspecified atom stereocenters. The number of hydrogen-bond donors (Lipinski definition) is 1. The molecular formula is C16H14N2O3. The van der Waals surface area contributed by atoms with Crippen molar-refractivity contribution in [1.29, 1.82) is 0 Å². The summed E-state index contributed by atoms with van der Waals surface area (Å²) < 4.78 is 7.44. The molecule has 5 heteroatoms. The van der Waals surface area contributed by atoms with Crippen molar-refractivity contribution < 1.29 is 14.3 Å². The summed E-state index contributed by atoms with van der Waals surface area (Å²) >= 11 is 0.